The van der Waals surface area contributed by atoms with Gasteiger partial charge >= 0.3 is 0 Å². The van der Waals surface area contributed by atoms with Crippen LogP contribution >= 0.6 is 11.6 Å². The Balaban J connectivity index is 1.86. The molecule has 0 saturated carbocycles. The van der Waals surface area contributed by atoms with Crippen LogP contribution < -0.4 is 0 Å². The van der Waals surface area contributed by atoms with Crippen LogP contribution in [0.3, 0.4) is 0 Å². The van der Waals surface area contributed by atoms with Gasteiger partial charge in [0.25, 0.3) is 0 Å². The molecule has 0 bridgehead atoms. The third-order valence-corrected chi connectivity index (χ3v) is 4.88. The molecule has 0 heterocycles. The fourth-order valence-corrected chi connectivity index (χ4v) is 3.59. The van der Waals surface area contributed by atoms with E-state index in [1.54, 1.807) is 0 Å². The lowest BCUT2D eigenvalue weighted by Gasteiger charge is -2.21. The van der Waals surface area contributed by atoms with Crippen molar-refractivity contribution in [2.45, 2.75) is 31.1 Å². The summed E-state index contributed by atoms with van der Waals surface area (Å²) in [5, 5.41) is -0.117. The highest BCUT2D eigenvalue weighted by molar-refractivity contribution is 6.21. The molecule has 21 heavy (non-hydrogen) atoms. The number of benzene rings is 2. The van der Waals surface area contributed by atoms with E-state index in [1.807, 2.05) is 12.1 Å². The Morgan fingerprint density at radius 1 is 1.10 bits per heavy atom. The Labute approximate surface area is 128 Å². The number of alkyl halides is 1. The molecule has 0 N–H and O–H groups in total. The van der Waals surface area contributed by atoms with E-state index in [2.05, 4.69) is 12.1 Å². The number of halogens is 3. The predicted molar refractivity (Wildman–Crippen MR) is 81.5 cm³/mol. The Kier molecular flexibility index (Phi) is 4.25. The van der Waals surface area contributed by atoms with Gasteiger partial charge in [0.15, 0.2) is 0 Å². The van der Waals surface area contributed by atoms with E-state index in [9.17, 15) is 8.78 Å². The van der Waals surface area contributed by atoms with Gasteiger partial charge in [-0.15, -0.1) is 11.6 Å². The molecule has 1 aliphatic rings. The van der Waals surface area contributed by atoms with E-state index in [0.29, 0.717) is 12.0 Å². The molecule has 2 unspecified atom stereocenters. The Morgan fingerprint density at radius 3 is 2.71 bits per heavy atom. The van der Waals surface area contributed by atoms with Gasteiger partial charge in [-0.1, -0.05) is 30.3 Å². The standard InChI is InChI=1S/C18H17ClF2/c19-18-14(10-13-8-9-15(20)11-17(13)21)6-3-5-12-4-1-2-7-16(12)18/h1-2,4,7-9,11,14,18H,3,5-6,10H2. The predicted octanol–water partition coefficient (Wildman–Crippen LogP) is 5.44. The second-order valence-electron chi connectivity index (χ2n) is 5.69. The van der Waals surface area contributed by atoms with E-state index in [0.717, 1.165) is 30.9 Å². The summed E-state index contributed by atoms with van der Waals surface area (Å²) >= 11 is 6.65. The van der Waals surface area contributed by atoms with Gasteiger partial charge in [0.05, 0.1) is 5.38 Å². The van der Waals surface area contributed by atoms with E-state index in [4.69, 9.17) is 11.6 Å². The highest BCUT2D eigenvalue weighted by atomic mass is 35.5. The van der Waals surface area contributed by atoms with E-state index in [-0.39, 0.29) is 11.3 Å². The monoisotopic (exact) mass is 306 g/mol. The summed E-state index contributed by atoms with van der Waals surface area (Å²) in [7, 11) is 0. The largest absolute Gasteiger partial charge is 0.207 e. The van der Waals surface area contributed by atoms with Crippen molar-refractivity contribution in [3.63, 3.8) is 0 Å². The molecule has 3 heteroatoms. The van der Waals surface area contributed by atoms with Crippen molar-refractivity contribution < 1.29 is 8.78 Å². The van der Waals surface area contributed by atoms with Crippen LogP contribution in [0.15, 0.2) is 42.5 Å². The van der Waals surface area contributed by atoms with Gasteiger partial charge in [0.2, 0.25) is 0 Å². The molecule has 3 rings (SSSR count). The topological polar surface area (TPSA) is 0 Å². The normalized spacial score (nSPS) is 21.7. The van der Waals surface area contributed by atoms with E-state index < -0.39 is 11.6 Å². The lowest BCUT2D eigenvalue weighted by molar-refractivity contribution is 0.453. The molecule has 0 aromatic heterocycles. The van der Waals surface area contributed by atoms with Crippen molar-refractivity contribution in [1.29, 1.82) is 0 Å². The molecule has 2 aromatic carbocycles. The summed E-state index contributed by atoms with van der Waals surface area (Å²) in [6.07, 6.45) is 3.57. The van der Waals surface area contributed by atoms with Crippen molar-refractivity contribution in [3.05, 3.63) is 70.8 Å². The number of aryl methyl sites for hydroxylation is 1. The van der Waals surface area contributed by atoms with Gasteiger partial charge in [-0.05, 0) is 54.4 Å². The van der Waals surface area contributed by atoms with Crippen LogP contribution in [-0.4, -0.2) is 0 Å². The quantitative estimate of drug-likeness (QED) is 0.512. The van der Waals surface area contributed by atoms with Crippen LogP contribution in [-0.2, 0) is 12.8 Å². The third kappa shape index (κ3) is 3.11. The number of rotatable bonds is 2. The average molecular weight is 307 g/mol. The molecule has 0 fully saturated rings. The smallest absolute Gasteiger partial charge is 0.129 e. The van der Waals surface area contributed by atoms with Crippen LogP contribution in [0.2, 0.25) is 0 Å². The summed E-state index contributed by atoms with van der Waals surface area (Å²) in [5.74, 6) is -0.837. The molecule has 1 aliphatic carbocycles. The lowest BCUT2D eigenvalue weighted by Crippen LogP contribution is -2.11. The van der Waals surface area contributed by atoms with Crippen molar-refractivity contribution in [2.75, 3.05) is 0 Å². The molecule has 0 spiro atoms. The highest BCUT2D eigenvalue weighted by Gasteiger charge is 2.26. The van der Waals surface area contributed by atoms with Crippen LogP contribution in [0.25, 0.3) is 0 Å². The molecule has 0 radical (unpaired) electrons. The van der Waals surface area contributed by atoms with Gasteiger partial charge < -0.3 is 0 Å². The van der Waals surface area contributed by atoms with Gasteiger partial charge in [0, 0.05) is 6.07 Å². The third-order valence-electron chi connectivity index (χ3n) is 4.28. The van der Waals surface area contributed by atoms with Crippen LogP contribution in [0.4, 0.5) is 8.78 Å². The van der Waals surface area contributed by atoms with Crippen molar-refractivity contribution in [1.82, 2.24) is 0 Å². The Morgan fingerprint density at radius 2 is 1.90 bits per heavy atom. The van der Waals surface area contributed by atoms with Gasteiger partial charge in [0.1, 0.15) is 11.6 Å². The molecule has 0 nitrogen and oxygen atoms in total. The molecule has 2 atom stereocenters. The van der Waals surface area contributed by atoms with Crippen molar-refractivity contribution in [2.24, 2.45) is 5.92 Å². The summed E-state index contributed by atoms with van der Waals surface area (Å²) in [5.41, 5.74) is 3.00. The van der Waals surface area contributed by atoms with Crippen LogP contribution in [0, 0.1) is 17.6 Å². The molecule has 2 aromatic rings. The lowest BCUT2D eigenvalue weighted by atomic mass is 9.90. The fraction of sp³-hybridized carbons (Fsp3) is 0.333. The average Bonchev–Trinajstić information content (AvgIpc) is 2.63. The van der Waals surface area contributed by atoms with Gasteiger partial charge in [-0.3, -0.25) is 0 Å². The Bertz CT molecular complexity index is 639. The van der Waals surface area contributed by atoms with Crippen LogP contribution in [0.1, 0.15) is 34.9 Å². The summed E-state index contributed by atoms with van der Waals surface area (Å²) in [4.78, 5) is 0. The zero-order valence-electron chi connectivity index (χ0n) is 11.7. The molecular formula is C18H17ClF2. The summed E-state index contributed by atoms with van der Waals surface area (Å²) in [6.45, 7) is 0. The molecule has 0 saturated heterocycles. The number of hydrogen-bond donors (Lipinski definition) is 0. The second-order valence-corrected chi connectivity index (χ2v) is 6.16. The molecule has 110 valence electrons. The maximum absolute atomic E-state index is 13.8. The van der Waals surface area contributed by atoms with Crippen LogP contribution in [0.5, 0.6) is 0 Å². The SMILES string of the molecule is Fc1ccc(CC2CCCc3ccccc3C2Cl)c(F)c1. The molecule has 0 aliphatic heterocycles. The first-order valence-corrected chi connectivity index (χ1v) is 7.74. The first kappa shape index (κ1) is 14.5. The highest BCUT2D eigenvalue weighted by Crippen LogP contribution is 2.39. The van der Waals surface area contributed by atoms with Crippen molar-refractivity contribution in [3.8, 4) is 0 Å². The number of fused-ring (bicyclic) bond motifs is 1. The second kappa shape index (κ2) is 6.15. The Hall–Kier alpha value is -1.41. The first-order chi connectivity index (χ1) is 10.1. The minimum absolute atomic E-state index is 0.117. The fourth-order valence-electron chi connectivity index (χ4n) is 3.16. The summed E-state index contributed by atoms with van der Waals surface area (Å²) in [6, 6.07) is 12.0. The molecule has 0 amide bonds. The first-order valence-electron chi connectivity index (χ1n) is 7.31. The van der Waals surface area contributed by atoms with Gasteiger partial charge in [-0.2, -0.15) is 0 Å². The van der Waals surface area contributed by atoms with Crippen molar-refractivity contribution >= 4 is 11.6 Å². The maximum atomic E-state index is 13.8. The van der Waals surface area contributed by atoms with E-state index >= 15 is 0 Å². The zero-order chi connectivity index (χ0) is 14.8. The van der Waals surface area contributed by atoms with Gasteiger partial charge in [-0.25, -0.2) is 8.78 Å². The summed E-state index contributed by atoms with van der Waals surface area (Å²) < 4.78 is 26.8. The zero-order valence-corrected chi connectivity index (χ0v) is 12.4. The minimum atomic E-state index is -0.537. The minimum Gasteiger partial charge on any atom is -0.207 e. The maximum Gasteiger partial charge on any atom is 0.129 e. The van der Waals surface area contributed by atoms with E-state index in [1.165, 1.54) is 17.7 Å². The number of hydrogen-bond acceptors (Lipinski definition) is 0. The molecular weight excluding hydrogens is 290 g/mol.